The summed E-state index contributed by atoms with van der Waals surface area (Å²) in [5.74, 6) is -0.221. The Bertz CT molecular complexity index is 441. The summed E-state index contributed by atoms with van der Waals surface area (Å²) in [7, 11) is 1.31. The topological polar surface area (TPSA) is 61.3 Å². The van der Waals surface area contributed by atoms with Crippen molar-refractivity contribution < 1.29 is 14.3 Å². The number of rotatable bonds is 4. The number of carbonyl (C=O) groups is 1. The summed E-state index contributed by atoms with van der Waals surface area (Å²) < 4.78 is 10.4. The van der Waals surface area contributed by atoms with E-state index in [2.05, 4.69) is 16.5 Å². The van der Waals surface area contributed by atoms with Crippen molar-refractivity contribution in [1.29, 1.82) is 0 Å². The summed E-state index contributed by atoms with van der Waals surface area (Å²) in [5, 5.41) is 0. The van der Waals surface area contributed by atoms with Crippen LogP contribution in [0, 0.1) is 0 Å². The zero-order valence-corrected chi connectivity index (χ0v) is 9.68. The molecule has 5 heteroatoms. The Morgan fingerprint density at radius 1 is 1.53 bits per heavy atom. The molecular weight excluding hydrogens is 220 g/mol. The Morgan fingerprint density at radius 3 is 2.82 bits per heavy atom. The van der Waals surface area contributed by atoms with E-state index in [1.807, 2.05) is 0 Å². The number of carbonyl (C=O) groups excluding carboxylic acids is 1. The van der Waals surface area contributed by atoms with Crippen LogP contribution >= 0.6 is 0 Å². The van der Waals surface area contributed by atoms with Gasteiger partial charge in [0, 0.05) is 0 Å². The molecule has 1 aliphatic rings. The minimum absolute atomic E-state index is 0.144. The van der Waals surface area contributed by atoms with Gasteiger partial charge in [-0.2, -0.15) is 0 Å². The van der Waals surface area contributed by atoms with Crippen molar-refractivity contribution in [3.8, 4) is 5.88 Å². The van der Waals surface area contributed by atoms with Crippen LogP contribution < -0.4 is 4.74 Å². The molecule has 0 spiro atoms. The van der Waals surface area contributed by atoms with E-state index in [1.165, 1.54) is 19.5 Å². The molecule has 1 aromatic rings. The van der Waals surface area contributed by atoms with E-state index in [-0.39, 0.29) is 17.5 Å². The fourth-order valence-corrected chi connectivity index (χ4v) is 1.57. The van der Waals surface area contributed by atoms with Gasteiger partial charge in [0.25, 0.3) is 0 Å². The monoisotopic (exact) mass is 234 g/mol. The van der Waals surface area contributed by atoms with E-state index in [0.717, 1.165) is 19.3 Å². The molecular formula is C12H14N2O3. The van der Waals surface area contributed by atoms with E-state index in [0.29, 0.717) is 5.69 Å². The van der Waals surface area contributed by atoms with Crippen molar-refractivity contribution in [2.45, 2.75) is 25.4 Å². The number of ether oxygens (including phenoxy) is 2. The quantitative estimate of drug-likeness (QED) is 0.744. The Kier molecular flexibility index (Phi) is 3.37. The lowest BCUT2D eigenvalue weighted by Crippen LogP contribution is -2.26. The molecule has 1 fully saturated rings. The van der Waals surface area contributed by atoms with E-state index < -0.39 is 5.97 Å². The molecule has 1 aromatic heterocycles. The predicted octanol–water partition coefficient (Wildman–Crippen LogP) is 1.84. The highest BCUT2D eigenvalue weighted by Gasteiger charge is 2.25. The van der Waals surface area contributed by atoms with Crippen molar-refractivity contribution in [3.05, 3.63) is 24.2 Å². The number of aromatic nitrogens is 2. The van der Waals surface area contributed by atoms with Gasteiger partial charge in [-0.3, -0.25) is 0 Å². The summed E-state index contributed by atoms with van der Waals surface area (Å²) >= 11 is 0. The summed E-state index contributed by atoms with van der Waals surface area (Å²) in [6.07, 6.45) is 6.13. The Hall–Kier alpha value is -1.91. The van der Waals surface area contributed by atoms with Gasteiger partial charge in [-0.1, -0.05) is 6.58 Å². The molecule has 0 amide bonds. The summed E-state index contributed by atoms with van der Waals surface area (Å²) in [5.41, 5.74) is 0.679. The average Bonchev–Trinajstić information content (AvgIpc) is 2.32. The Balaban J connectivity index is 2.34. The van der Waals surface area contributed by atoms with Gasteiger partial charge in [0.2, 0.25) is 5.88 Å². The van der Waals surface area contributed by atoms with Crippen molar-refractivity contribution in [2.24, 2.45) is 0 Å². The minimum Gasteiger partial charge on any atom is -0.474 e. The van der Waals surface area contributed by atoms with Crippen LogP contribution in [-0.4, -0.2) is 29.2 Å². The molecule has 2 rings (SSSR count). The molecule has 0 aromatic carbocycles. The Morgan fingerprint density at radius 2 is 2.29 bits per heavy atom. The first kappa shape index (κ1) is 11.6. The highest BCUT2D eigenvalue weighted by molar-refractivity contribution is 5.95. The van der Waals surface area contributed by atoms with Crippen LogP contribution in [0.25, 0.3) is 6.08 Å². The first-order valence-corrected chi connectivity index (χ1v) is 5.48. The second-order valence-corrected chi connectivity index (χ2v) is 3.81. The third-order valence-electron chi connectivity index (χ3n) is 2.76. The standard InChI is InChI=1S/C12H14N2O3/c1-3-9-10(12(15)16-2)11(14-7-13-9)17-8-5-4-6-8/h3,7-8H,1,4-6H2,2H3. The van der Waals surface area contributed by atoms with Crippen LogP contribution in [0.15, 0.2) is 12.9 Å². The van der Waals surface area contributed by atoms with Gasteiger partial charge in [0.1, 0.15) is 18.0 Å². The zero-order valence-electron chi connectivity index (χ0n) is 9.68. The van der Waals surface area contributed by atoms with Gasteiger partial charge in [-0.25, -0.2) is 14.8 Å². The van der Waals surface area contributed by atoms with Gasteiger partial charge in [0.05, 0.1) is 12.8 Å². The number of methoxy groups -OCH3 is 1. The van der Waals surface area contributed by atoms with E-state index in [1.54, 1.807) is 0 Å². The molecule has 1 aliphatic carbocycles. The summed E-state index contributed by atoms with van der Waals surface area (Å²) in [6.45, 7) is 3.61. The smallest absolute Gasteiger partial charge is 0.345 e. The number of esters is 1. The maximum Gasteiger partial charge on any atom is 0.345 e. The highest BCUT2D eigenvalue weighted by Crippen LogP contribution is 2.27. The first-order chi connectivity index (χ1) is 8.26. The molecule has 0 radical (unpaired) electrons. The molecule has 0 N–H and O–H groups in total. The third kappa shape index (κ3) is 2.27. The number of hydrogen-bond donors (Lipinski definition) is 0. The van der Waals surface area contributed by atoms with Crippen LogP contribution in [0.5, 0.6) is 5.88 Å². The maximum absolute atomic E-state index is 11.7. The third-order valence-corrected chi connectivity index (χ3v) is 2.76. The van der Waals surface area contributed by atoms with Gasteiger partial charge in [0.15, 0.2) is 0 Å². The molecule has 0 atom stereocenters. The molecule has 0 bridgehead atoms. The summed E-state index contributed by atoms with van der Waals surface area (Å²) in [6, 6.07) is 0. The molecule has 17 heavy (non-hydrogen) atoms. The molecule has 0 aliphatic heterocycles. The lowest BCUT2D eigenvalue weighted by molar-refractivity contribution is 0.0580. The van der Waals surface area contributed by atoms with Crippen LogP contribution in [0.2, 0.25) is 0 Å². The summed E-state index contributed by atoms with van der Waals surface area (Å²) in [4.78, 5) is 19.6. The second-order valence-electron chi connectivity index (χ2n) is 3.81. The molecule has 1 saturated carbocycles. The first-order valence-electron chi connectivity index (χ1n) is 5.48. The van der Waals surface area contributed by atoms with Gasteiger partial charge in [-0.15, -0.1) is 0 Å². The molecule has 0 unspecified atom stereocenters. The fourth-order valence-electron chi connectivity index (χ4n) is 1.57. The van der Waals surface area contributed by atoms with Gasteiger partial charge in [-0.05, 0) is 25.3 Å². The minimum atomic E-state index is -0.505. The lowest BCUT2D eigenvalue weighted by Gasteiger charge is -2.26. The highest BCUT2D eigenvalue weighted by atomic mass is 16.5. The van der Waals surface area contributed by atoms with Crippen molar-refractivity contribution >= 4 is 12.0 Å². The average molecular weight is 234 g/mol. The normalized spacial score (nSPS) is 14.9. The second kappa shape index (κ2) is 4.95. The molecule has 5 nitrogen and oxygen atoms in total. The van der Waals surface area contributed by atoms with Crippen molar-refractivity contribution in [2.75, 3.05) is 7.11 Å². The zero-order chi connectivity index (χ0) is 12.3. The van der Waals surface area contributed by atoms with E-state index >= 15 is 0 Å². The van der Waals surface area contributed by atoms with Crippen molar-refractivity contribution in [1.82, 2.24) is 9.97 Å². The molecule has 1 heterocycles. The van der Waals surface area contributed by atoms with Gasteiger partial charge < -0.3 is 9.47 Å². The van der Waals surface area contributed by atoms with E-state index in [4.69, 9.17) is 9.47 Å². The van der Waals surface area contributed by atoms with Crippen molar-refractivity contribution in [3.63, 3.8) is 0 Å². The Labute approximate surface area is 99.5 Å². The molecule has 90 valence electrons. The van der Waals surface area contributed by atoms with E-state index in [9.17, 15) is 4.79 Å². The van der Waals surface area contributed by atoms with Crippen LogP contribution in [0.1, 0.15) is 35.3 Å². The fraction of sp³-hybridized carbons (Fsp3) is 0.417. The largest absolute Gasteiger partial charge is 0.474 e. The predicted molar refractivity (Wildman–Crippen MR) is 61.7 cm³/mol. The molecule has 0 saturated heterocycles. The lowest BCUT2D eigenvalue weighted by atomic mass is 9.96. The maximum atomic E-state index is 11.7. The van der Waals surface area contributed by atoms with Crippen LogP contribution in [0.3, 0.4) is 0 Å². The number of hydrogen-bond acceptors (Lipinski definition) is 5. The van der Waals surface area contributed by atoms with Crippen LogP contribution in [-0.2, 0) is 4.74 Å². The van der Waals surface area contributed by atoms with Gasteiger partial charge >= 0.3 is 5.97 Å². The van der Waals surface area contributed by atoms with Crippen LogP contribution in [0.4, 0.5) is 0 Å². The number of nitrogens with zero attached hydrogens (tertiary/aromatic N) is 2. The SMILES string of the molecule is C=Cc1ncnc(OC2CCC2)c1C(=O)OC.